The number of rotatable bonds is 3. The number of aromatic nitrogens is 1. The number of sulfonamides is 1. The molecule has 7 heteroatoms. The first-order valence-electron chi connectivity index (χ1n) is 5.26. The molecule has 0 saturated carbocycles. The number of nitrogens with two attached hydrogens (primary N) is 1. The molecule has 0 aliphatic rings. The van der Waals surface area contributed by atoms with Gasteiger partial charge in [-0.2, -0.15) is 5.26 Å². The molecule has 0 aliphatic carbocycles. The number of benzene rings is 1. The lowest BCUT2D eigenvalue weighted by Crippen LogP contribution is -2.15. The molecule has 0 atom stereocenters. The Morgan fingerprint density at radius 3 is 2.63 bits per heavy atom. The molecular formula is C12H10N4O2S. The van der Waals surface area contributed by atoms with Gasteiger partial charge in [-0.15, -0.1) is 0 Å². The molecule has 0 fully saturated rings. The number of nitrogens with one attached hydrogen (secondary N) is 1. The van der Waals surface area contributed by atoms with E-state index in [9.17, 15) is 8.42 Å². The third kappa shape index (κ3) is 2.81. The smallest absolute Gasteiger partial charge is 0.265 e. The molecule has 19 heavy (non-hydrogen) atoms. The van der Waals surface area contributed by atoms with Crippen molar-refractivity contribution in [3.63, 3.8) is 0 Å². The quantitative estimate of drug-likeness (QED) is 0.821. The Kier molecular flexibility index (Phi) is 3.35. The van der Waals surface area contributed by atoms with E-state index in [-0.39, 0.29) is 16.4 Å². The van der Waals surface area contributed by atoms with Crippen LogP contribution in [0, 0.1) is 11.3 Å². The van der Waals surface area contributed by atoms with Crippen molar-refractivity contribution in [3.8, 4) is 6.07 Å². The predicted molar refractivity (Wildman–Crippen MR) is 70.6 cm³/mol. The van der Waals surface area contributed by atoms with Crippen LogP contribution in [0.15, 0.2) is 47.5 Å². The maximum Gasteiger partial charge on any atom is 0.265 e. The van der Waals surface area contributed by atoms with E-state index < -0.39 is 10.0 Å². The fraction of sp³-hybridized carbons (Fsp3) is 0. The summed E-state index contributed by atoms with van der Waals surface area (Å²) in [4.78, 5) is 3.78. The molecular weight excluding hydrogens is 264 g/mol. The van der Waals surface area contributed by atoms with Gasteiger partial charge in [0.2, 0.25) is 0 Å². The summed E-state index contributed by atoms with van der Waals surface area (Å²) in [5.41, 5.74) is 5.96. The molecule has 0 radical (unpaired) electrons. The number of nitrogen functional groups attached to an aromatic ring is 1. The summed E-state index contributed by atoms with van der Waals surface area (Å²) in [6.07, 6.45) is 1.47. The molecule has 0 bridgehead atoms. The molecule has 0 saturated heterocycles. The van der Waals surface area contributed by atoms with E-state index in [0.717, 1.165) is 0 Å². The second-order valence-corrected chi connectivity index (χ2v) is 5.34. The second-order valence-electron chi connectivity index (χ2n) is 3.68. The molecule has 3 N–H and O–H groups in total. The Morgan fingerprint density at radius 1 is 1.26 bits per heavy atom. The molecule has 0 spiro atoms. The van der Waals surface area contributed by atoms with E-state index in [1.54, 1.807) is 12.1 Å². The van der Waals surface area contributed by atoms with Gasteiger partial charge < -0.3 is 5.73 Å². The molecule has 0 aliphatic heterocycles. The van der Waals surface area contributed by atoms with E-state index in [1.165, 1.54) is 30.5 Å². The van der Waals surface area contributed by atoms with Crippen molar-refractivity contribution in [3.05, 3.63) is 48.2 Å². The fourth-order valence-corrected chi connectivity index (χ4v) is 2.60. The zero-order chi connectivity index (χ0) is 13.9. The molecule has 1 heterocycles. The van der Waals surface area contributed by atoms with Gasteiger partial charge in [0.1, 0.15) is 10.7 Å². The highest BCUT2D eigenvalue weighted by Gasteiger charge is 2.18. The standard InChI is InChI=1S/C12H10N4O2S/c13-8-9-4-5-11(10(14)7-9)19(17,18)16-12-3-1-2-6-15-12/h1-7H,14H2,(H,15,16). The zero-order valence-electron chi connectivity index (χ0n) is 9.74. The number of anilines is 2. The minimum Gasteiger partial charge on any atom is -0.398 e. The maximum absolute atomic E-state index is 12.1. The van der Waals surface area contributed by atoms with Crippen molar-refractivity contribution >= 4 is 21.5 Å². The predicted octanol–water partition coefficient (Wildman–Crippen LogP) is 1.34. The normalized spacial score (nSPS) is 10.7. The van der Waals surface area contributed by atoms with Crippen LogP contribution >= 0.6 is 0 Å². The lowest BCUT2D eigenvalue weighted by molar-refractivity contribution is 0.601. The minimum atomic E-state index is -3.82. The number of hydrogen-bond donors (Lipinski definition) is 2. The van der Waals surface area contributed by atoms with Crippen molar-refractivity contribution in [1.82, 2.24) is 4.98 Å². The van der Waals surface area contributed by atoms with Crippen molar-refractivity contribution in [1.29, 1.82) is 5.26 Å². The number of hydrogen-bond acceptors (Lipinski definition) is 5. The number of pyridine rings is 1. The highest BCUT2D eigenvalue weighted by atomic mass is 32.2. The van der Waals surface area contributed by atoms with E-state index in [2.05, 4.69) is 9.71 Å². The molecule has 2 aromatic rings. The molecule has 6 nitrogen and oxygen atoms in total. The summed E-state index contributed by atoms with van der Waals surface area (Å²) in [5.74, 6) is 0.200. The van der Waals surface area contributed by atoms with Crippen LogP contribution in [0.5, 0.6) is 0 Å². The van der Waals surface area contributed by atoms with E-state index in [4.69, 9.17) is 11.0 Å². The third-order valence-electron chi connectivity index (χ3n) is 2.33. The van der Waals surface area contributed by atoms with Gasteiger partial charge in [-0.3, -0.25) is 4.72 Å². The molecule has 2 rings (SSSR count). The van der Waals surface area contributed by atoms with Gasteiger partial charge in [0.05, 0.1) is 17.3 Å². The van der Waals surface area contributed by atoms with Crippen LogP contribution in [-0.4, -0.2) is 13.4 Å². The average molecular weight is 274 g/mol. The molecule has 1 aromatic heterocycles. The highest BCUT2D eigenvalue weighted by Crippen LogP contribution is 2.21. The van der Waals surface area contributed by atoms with Gasteiger partial charge in [-0.05, 0) is 30.3 Å². The Balaban J connectivity index is 2.38. The van der Waals surface area contributed by atoms with Crippen molar-refractivity contribution in [2.24, 2.45) is 0 Å². The largest absolute Gasteiger partial charge is 0.398 e. The molecule has 0 unspecified atom stereocenters. The Labute approximate surface area is 110 Å². The molecule has 1 aromatic carbocycles. The monoisotopic (exact) mass is 274 g/mol. The number of nitrogens with zero attached hydrogens (tertiary/aromatic N) is 2. The first-order chi connectivity index (χ1) is 9.03. The van der Waals surface area contributed by atoms with Gasteiger partial charge >= 0.3 is 0 Å². The fourth-order valence-electron chi connectivity index (χ4n) is 1.48. The summed E-state index contributed by atoms with van der Waals surface area (Å²) >= 11 is 0. The minimum absolute atomic E-state index is 0.0162. The van der Waals surface area contributed by atoms with E-state index in [1.807, 2.05) is 6.07 Å². The highest BCUT2D eigenvalue weighted by molar-refractivity contribution is 7.92. The Hall–Kier alpha value is -2.59. The van der Waals surface area contributed by atoms with Gasteiger partial charge in [-0.25, -0.2) is 13.4 Å². The van der Waals surface area contributed by atoms with Gasteiger partial charge in [0.25, 0.3) is 10.0 Å². The first kappa shape index (κ1) is 12.9. The maximum atomic E-state index is 12.1. The van der Waals surface area contributed by atoms with Crippen molar-refractivity contribution in [2.75, 3.05) is 10.5 Å². The van der Waals surface area contributed by atoms with Crippen LogP contribution in [0.25, 0.3) is 0 Å². The van der Waals surface area contributed by atoms with Gasteiger partial charge in [-0.1, -0.05) is 6.07 Å². The molecule has 96 valence electrons. The van der Waals surface area contributed by atoms with Crippen LogP contribution in [0.4, 0.5) is 11.5 Å². The molecule has 0 amide bonds. The van der Waals surface area contributed by atoms with Crippen LogP contribution < -0.4 is 10.5 Å². The van der Waals surface area contributed by atoms with Gasteiger partial charge in [0, 0.05) is 6.20 Å². The summed E-state index contributed by atoms with van der Waals surface area (Å²) < 4.78 is 26.5. The Morgan fingerprint density at radius 2 is 2.05 bits per heavy atom. The van der Waals surface area contributed by atoms with Crippen molar-refractivity contribution in [2.45, 2.75) is 4.90 Å². The SMILES string of the molecule is N#Cc1ccc(S(=O)(=O)Nc2ccccn2)c(N)c1. The lowest BCUT2D eigenvalue weighted by Gasteiger charge is -2.09. The van der Waals surface area contributed by atoms with E-state index in [0.29, 0.717) is 5.56 Å². The van der Waals surface area contributed by atoms with E-state index >= 15 is 0 Å². The van der Waals surface area contributed by atoms with Crippen LogP contribution in [0.3, 0.4) is 0 Å². The summed E-state index contributed by atoms with van der Waals surface area (Å²) in [5, 5.41) is 8.71. The first-order valence-corrected chi connectivity index (χ1v) is 6.75. The van der Waals surface area contributed by atoms with Crippen LogP contribution in [0.2, 0.25) is 0 Å². The summed E-state index contributed by atoms with van der Waals surface area (Å²) in [6.45, 7) is 0. The number of nitriles is 1. The third-order valence-corrected chi connectivity index (χ3v) is 3.76. The zero-order valence-corrected chi connectivity index (χ0v) is 10.6. The topological polar surface area (TPSA) is 109 Å². The second kappa shape index (κ2) is 4.96. The van der Waals surface area contributed by atoms with Crippen LogP contribution in [-0.2, 0) is 10.0 Å². The van der Waals surface area contributed by atoms with Gasteiger partial charge in [0.15, 0.2) is 0 Å². The van der Waals surface area contributed by atoms with Crippen molar-refractivity contribution < 1.29 is 8.42 Å². The lowest BCUT2D eigenvalue weighted by atomic mass is 10.2. The summed E-state index contributed by atoms with van der Waals surface area (Å²) in [6, 6.07) is 10.7. The average Bonchev–Trinajstić information content (AvgIpc) is 2.38. The Bertz CT molecular complexity index is 736. The van der Waals surface area contributed by atoms with Crippen LogP contribution in [0.1, 0.15) is 5.56 Å². The summed E-state index contributed by atoms with van der Waals surface area (Å²) in [7, 11) is -3.82.